The van der Waals surface area contributed by atoms with E-state index in [0.717, 1.165) is 44.6 Å². The first-order chi connectivity index (χ1) is 16.9. The maximum absolute atomic E-state index is 5.70. The molecule has 6 heterocycles. The Morgan fingerprint density at radius 3 is 2.69 bits per heavy atom. The van der Waals surface area contributed by atoms with Crippen molar-refractivity contribution in [3.63, 3.8) is 0 Å². The number of H-pyrrole nitrogens is 1. The number of fused-ring (bicyclic) bond motifs is 4. The molecule has 0 amide bonds. The molecule has 0 aliphatic carbocycles. The zero-order valence-corrected chi connectivity index (χ0v) is 20.2. The van der Waals surface area contributed by atoms with Crippen LogP contribution >= 0.6 is 0 Å². The molecule has 6 aromatic heterocycles. The predicted molar refractivity (Wildman–Crippen MR) is 132 cm³/mol. The first kappa shape index (κ1) is 21.0. The summed E-state index contributed by atoms with van der Waals surface area (Å²) in [4.78, 5) is 24.2. The van der Waals surface area contributed by atoms with E-state index in [9.17, 15) is 0 Å². The SMILES string of the molecule is COc1nc2c(cc1-c1c(C)noc1C)[nH]c1nc(C)nc(N(C)c3nn(C)c4ncccc34)c12. The Balaban J connectivity index is 1.63. The van der Waals surface area contributed by atoms with Crippen molar-refractivity contribution in [1.82, 2.24) is 39.9 Å². The second-order valence-corrected chi connectivity index (χ2v) is 8.46. The molecule has 0 spiro atoms. The van der Waals surface area contributed by atoms with Crippen molar-refractivity contribution >= 4 is 44.7 Å². The van der Waals surface area contributed by atoms with Gasteiger partial charge in [0.15, 0.2) is 11.5 Å². The van der Waals surface area contributed by atoms with Crippen molar-refractivity contribution in [2.45, 2.75) is 20.8 Å². The molecule has 0 aliphatic heterocycles. The van der Waals surface area contributed by atoms with E-state index in [2.05, 4.69) is 20.1 Å². The van der Waals surface area contributed by atoms with E-state index in [1.54, 1.807) is 18.0 Å². The lowest BCUT2D eigenvalue weighted by Crippen LogP contribution is -2.14. The quantitative estimate of drug-likeness (QED) is 0.405. The third kappa shape index (κ3) is 3.04. The Morgan fingerprint density at radius 1 is 1.11 bits per heavy atom. The van der Waals surface area contributed by atoms with Gasteiger partial charge in [-0.15, -0.1) is 0 Å². The molecular weight excluding hydrogens is 446 g/mol. The maximum atomic E-state index is 5.70. The number of nitrogens with one attached hydrogen (secondary N) is 1. The molecule has 1 N–H and O–H groups in total. The number of ether oxygens (including phenoxy) is 1. The summed E-state index contributed by atoms with van der Waals surface area (Å²) >= 11 is 0. The van der Waals surface area contributed by atoms with Gasteiger partial charge in [-0.3, -0.25) is 0 Å². The standard InChI is InChI=1S/C24H23N9O2/c1-11-17(12(2)35-31-11)15-10-16-19(29-24(15)34-6)18-20(28-16)26-13(3)27-23(18)32(4)22-14-8-7-9-25-21(14)33(5)30-22/h7-10H,1-6H3,(H,26,27,28). The van der Waals surface area contributed by atoms with Crippen molar-refractivity contribution in [3.8, 4) is 17.0 Å². The van der Waals surface area contributed by atoms with Gasteiger partial charge in [0.2, 0.25) is 5.88 Å². The smallest absolute Gasteiger partial charge is 0.221 e. The van der Waals surface area contributed by atoms with E-state index >= 15 is 0 Å². The molecule has 0 aliphatic rings. The second kappa shape index (κ2) is 7.49. The van der Waals surface area contributed by atoms with Crippen molar-refractivity contribution in [2.75, 3.05) is 19.1 Å². The molecule has 0 fully saturated rings. The molecule has 176 valence electrons. The Hall–Kier alpha value is -4.54. The largest absolute Gasteiger partial charge is 0.481 e. The van der Waals surface area contributed by atoms with Crippen LogP contribution in [0, 0.1) is 20.8 Å². The zero-order valence-electron chi connectivity index (χ0n) is 20.2. The normalized spacial score (nSPS) is 11.7. The minimum atomic E-state index is 0.467. The van der Waals surface area contributed by atoms with E-state index in [1.165, 1.54) is 0 Å². The lowest BCUT2D eigenvalue weighted by Gasteiger charge is -2.17. The number of anilines is 2. The first-order valence-electron chi connectivity index (χ1n) is 11.1. The summed E-state index contributed by atoms with van der Waals surface area (Å²) < 4.78 is 12.9. The summed E-state index contributed by atoms with van der Waals surface area (Å²) in [5.74, 6) is 3.22. The molecule has 6 rings (SSSR count). The molecule has 0 aromatic carbocycles. The topological polar surface area (TPSA) is 124 Å². The second-order valence-electron chi connectivity index (χ2n) is 8.46. The van der Waals surface area contributed by atoms with Gasteiger partial charge in [0.05, 0.1) is 40.2 Å². The van der Waals surface area contributed by atoms with Gasteiger partial charge >= 0.3 is 0 Å². The van der Waals surface area contributed by atoms with E-state index < -0.39 is 0 Å². The van der Waals surface area contributed by atoms with Gasteiger partial charge < -0.3 is 19.1 Å². The van der Waals surface area contributed by atoms with Gasteiger partial charge in [-0.25, -0.2) is 24.6 Å². The molecule has 11 heteroatoms. The van der Waals surface area contributed by atoms with E-state index in [0.29, 0.717) is 34.4 Å². The van der Waals surface area contributed by atoms with Crippen LogP contribution < -0.4 is 9.64 Å². The highest BCUT2D eigenvalue weighted by atomic mass is 16.5. The monoisotopic (exact) mass is 469 g/mol. The summed E-state index contributed by atoms with van der Waals surface area (Å²) in [7, 11) is 5.41. The van der Waals surface area contributed by atoms with Crippen LogP contribution in [0.3, 0.4) is 0 Å². The Labute approximate surface area is 199 Å². The van der Waals surface area contributed by atoms with Gasteiger partial charge in [-0.1, -0.05) is 5.16 Å². The highest BCUT2D eigenvalue weighted by Crippen LogP contribution is 2.40. The fourth-order valence-electron chi connectivity index (χ4n) is 4.64. The van der Waals surface area contributed by atoms with Crippen LogP contribution in [0.1, 0.15) is 17.3 Å². The highest BCUT2D eigenvalue weighted by Gasteiger charge is 2.24. The van der Waals surface area contributed by atoms with E-state index in [4.69, 9.17) is 24.3 Å². The number of rotatable bonds is 4. The molecular formula is C24H23N9O2. The average molecular weight is 470 g/mol. The number of aromatic amines is 1. The molecule has 35 heavy (non-hydrogen) atoms. The van der Waals surface area contributed by atoms with Crippen LogP contribution in [0.2, 0.25) is 0 Å². The summed E-state index contributed by atoms with van der Waals surface area (Å²) in [6.45, 7) is 5.64. The number of hydrogen-bond acceptors (Lipinski definition) is 9. The fraction of sp³-hybridized carbons (Fsp3) is 0.250. The van der Waals surface area contributed by atoms with Gasteiger partial charge in [-0.2, -0.15) is 5.10 Å². The van der Waals surface area contributed by atoms with Gasteiger partial charge in [0.1, 0.15) is 28.6 Å². The van der Waals surface area contributed by atoms with Gasteiger partial charge in [-0.05, 0) is 39.0 Å². The van der Waals surface area contributed by atoms with E-state index in [-0.39, 0.29) is 0 Å². The zero-order chi connectivity index (χ0) is 24.4. The Kier molecular flexibility index (Phi) is 4.50. The Morgan fingerprint density at radius 2 is 1.94 bits per heavy atom. The highest BCUT2D eigenvalue weighted by molar-refractivity contribution is 6.11. The molecule has 0 radical (unpaired) electrons. The average Bonchev–Trinajstić information content (AvgIpc) is 3.49. The molecule has 6 aromatic rings. The van der Waals surface area contributed by atoms with Crippen molar-refractivity contribution in [3.05, 3.63) is 41.7 Å². The number of aryl methyl sites for hydroxylation is 4. The van der Waals surface area contributed by atoms with Crippen molar-refractivity contribution in [2.24, 2.45) is 7.05 Å². The van der Waals surface area contributed by atoms with Crippen LogP contribution in [0.25, 0.3) is 44.2 Å². The van der Waals surface area contributed by atoms with Gasteiger partial charge in [0, 0.05) is 20.3 Å². The first-order valence-corrected chi connectivity index (χ1v) is 11.1. The van der Waals surface area contributed by atoms with Crippen LogP contribution in [-0.2, 0) is 7.05 Å². The predicted octanol–water partition coefficient (Wildman–Crippen LogP) is 4.14. The molecule has 0 atom stereocenters. The minimum absolute atomic E-state index is 0.467. The number of pyridine rings is 2. The number of aromatic nitrogens is 8. The minimum Gasteiger partial charge on any atom is -0.481 e. The maximum Gasteiger partial charge on any atom is 0.221 e. The lowest BCUT2D eigenvalue weighted by molar-refractivity contribution is 0.392. The van der Waals surface area contributed by atoms with Crippen LogP contribution in [0.15, 0.2) is 28.9 Å². The summed E-state index contributed by atoms with van der Waals surface area (Å²) in [5.41, 5.74) is 5.40. The molecule has 0 saturated heterocycles. The Bertz CT molecular complexity index is 1740. The van der Waals surface area contributed by atoms with E-state index in [1.807, 2.05) is 58.0 Å². The number of hydrogen-bond donors (Lipinski definition) is 1. The summed E-state index contributed by atoms with van der Waals surface area (Å²) in [6.07, 6.45) is 1.76. The number of nitrogens with zero attached hydrogens (tertiary/aromatic N) is 8. The lowest BCUT2D eigenvalue weighted by atomic mass is 10.0. The van der Waals surface area contributed by atoms with Crippen LogP contribution in [0.4, 0.5) is 11.6 Å². The summed E-state index contributed by atoms with van der Waals surface area (Å²) in [6, 6.07) is 5.89. The molecule has 11 nitrogen and oxygen atoms in total. The van der Waals surface area contributed by atoms with Crippen LogP contribution in [-0.4, -0.2) is 54.0 Å². The van der Waals surface area contributed by atoms with Gasteiger partial charge in [0.25, 0.3) is 0 Å². The molecule has 0 saturated carbocycles. The van der Waals surface area contributed by atoms with Crippen LogP contribution in [0.5, 0.6) is 5.88 Å². The third-order valence-electron chi connectivity index (χ3n) is 6.19. The number of methoxy groups -OCH3 is 1. The fourth-order valence-corrected chi connectivity index (χ4v) is 4.64. The summed E-state index contributed by atoms with van der Waals surface area (Å²) in [5, 5.41) is 10.5. The molecule has 0 bridgehead atoms. The van der Waals surface area contributed by atoms with Crippen molar-refractivity contribution < 1.29 is 9.26 Å². The third-order valence-corrected chi connectivity index (χ3v) is 6.19. The molecule has 0 unspecified atom stereocenters. The van der Waals surface area contributed by atoms with Crippen molar-refractivity contribution in [1.29, 1.82) is 0 Å².